The minimum atomic E-state index is -0.390. The molecule has 1 aliphatic heterocycles. The van der Waals surface area contributed by atoms with Gasteiger partial charge in [-0.1, -0.05) is 54.0 Å². The Bertz CT molecular complexity index is 622. The fourth-order valence-electron chi connectivity index (χ4n) is 3.63. The Balaban J connectivity index is 1.57. The Morgan fingerprint density at radius 1 is 1.27 bits per heavy atom. The summed E-state index contributed by atoms with van der Waals surface area (Å²) in [6, 6.07) is 10.1. The second kappa shape index (κ2) is 9.74. The van der Waals surface area contributed by atoms with Crippen molar-refractivity contribution in [3.63, 3.8) is 0 Å². The molecule has 0 bridgehead atoms. The molecule has 1 aliphatic carbocycles. The normalized spacial score (nSPS) is 23.2. The number of azide groups is 1. The first kappa shape index (κ1) is 18.9. The second-order valence-electron chi connectivity index (χ2n) is 6.94. The lowest BCUT2D eigenvalue weighted by atomic mass is 9.94. The Kier molecular flexibility index (Phi) is 7.09. The first-order chi connectivity index (χ1) is 12.8. The summed E-state index contributed by atoms with van der Waals surface area (Å²) in [6.45, 7) is 2.04. The van der Waals surface area contributed by atoms with Crippen molar-refractivity contribution in [2.24, 2.45) is 11.0 Å². The van der Waals surface area contributed by atoms with Crippen LogP contribution in [-0.4, -0.2) is 31.6 Å². The van der Waals surface area contributed by atoms with Gasteiger partial charge in [0, 0.05) is 30.2 Å². The first-order valence-electron chi connectivity index (χ1n) is 9.42. The molecule has 0 amide bonds. The lowest BCUT2D eigenvalue weighted by molar-refractivity contribution is -0.191. The van der Waals surface area contributed by atoms with Crippen LogP contribution in [0.15, 0.2) is 47.6 Å². The van der Waals surface area contributed by atoms with E-state index in [0.717, 1.165) is 31.2 Å². The molecule has 0 aromatic heterocycles. The summed E-state index contributed by atoms with van der Waals surface area (Å²) in [7, 11) is 0. The van der Waals surface area contributed by atoms with Crippen molar-refractivity contribution in [1.82, 2.24) is 0 Å². The van der Waals surface area contributed by atoms with Crippen molar-refractivity contribution < 1.29 is 14.2 Å². The Morgan fingerprint density at radius 2 is 2.08 bits per heavy atom. The molecule has 140 valence electrons. The molecule has 0 N–H and O–H groups in total. The molecule has 6 nitrogen and oxygen atoms in total. The van der Waals surface area contributed by atoms with Crippen molar-refractivity contribution in [1.29, 1.82) is 0 Å². The van der Waals surface area contributed by atoms with E-state index < -0.39 is 0 Å². The number of hydrogen-bond donors (Lipinski definition) is 0. The van der Waals surface area contributed by atoms with E-state index in [9.17, 15) is 0 Å². The van der Waals surface area contributed by atoms with Gasteiger partial charge in [0.05, 0.1) is 25.9 Å². The van der Waals surface area contributed by atoms with Crippen LogP contribution in [0.3, 0.4) is 0 Å². The molecule has 1 saturated carbocycles. The zero-order valence-corrected chi connectivity index (χ0v) is 15.1. The number of benzene rings is 1. The maximum Gasteiger partial charge on any atom is 0.168 e. The Hall–Kier alpha value is -1.85. The second-order valence-corrected chi connectivity index (χ2v) is 6.94. The van der Waals surface area contributed by atoms with Crippen LogP contribution in [0.25, 0.3) is 10.4 Å². The van der Waals surface area contributed by atoms with E-state index in [2.05, 4.69) is 22.2 Å². The average Bonchev–Trinajstić information content (AvgIpc) is 3.08. The first-order valence-corrected chi connectivity index (χ1v) is 9.42. The highest BCUT2D eigenvalue weighted by molar-refractivity contribution is 5.13. The molecular formula is C20H27N3O3. The van der Waals surface area contributed by atoms with E-state index in [1.54, 1.807) is 0 Å². The smallest absolute Gasteiger partial charge is 0.168 e. The van der Waals surface area contributed by atoms with Crippen LogP contribution >= 0.6 is 0 Å². The maximum absolute atomic E-state index is 8.43. The summed E-state index contributed by atoms with van der Waals surface area (Å²) >= 11 is 0. The molecule has 2 atom stereocenters. The molecule has 26 heavy (non-hydrogen) atoms. The van der Waals surface area contributed by atoms with E-state index >= 15 is 0 Å². The van der Waals surface area contributed by atoms with Crippen molar-refractivity contribution in [3.05, 3.63) is 58.5 Å². The van der Waals surface area contributed by atoms with Crippen LogP contribution in [0.2, 0.25) is 0 Å². The molecule has 6 heteroatoms. The highest BCUT2D eigenvalue weighted by atomic mass is 16.7. The molecule has 2 fully saturated rings. The van der Waals surface area contributed by atoms with Gasteiger partial charge in [-0.2, -0.15) is 0 Å². The zero-order valence-electron chi connectivity index (χ0n) is 15.1. The van der Waals surface area contributed by atoms with E-state index in [0.29, 0.717) is 26.4 Å². The molecule has 0 radical (unpaired) electrons. The van der Waals surface area contributed by atoms with Crippen LogP contribution in [0, 0.1) is 5.92 Å². The van der Waals surface area contributed by atoms with Crippen LogP contribution < -0.4 is 0 Å². The monoisotopic (exact) mass is 357 g/mol. The fourth-order valence-corrected chi connectivity index (χ4v) is 3.63. The van der Waals surface area contributed by atoms with Gasteiger partial charge in [-0.25, -0.2) is 0 Å². The van der Waals surface area contributed by atoms with E-state index in [1.165, 1.54) is 6.42 Å². The van der Waals surface area contributed by atoms with Gasteiger partial charge >= 0.3 is 0 Å². The minimum absolute atomic E-state index is 0.0220. The van der Waals surface area contributed by atoms with Crippen molar-refractivity contribution in [3.8, 4) is 0 Å². The summed E-state index contributed by atoms with van der Waals surface area (Å²) in [4.78, 5) is 2.79. The third-order valence-electron chi connectivity index (χ3n) is 5.03. The highest BCUT2D eigenvalue weighted by Gasteiger charge is 2.44. The molecule has 3 rings (SSSR count). The molecular weight excluding hydrogens is 330 g/mol. The van der Waals surface area contributed by atoms with Gasteiger partial charge in [-0.15, -0.1) is 0 Å². The summed E-state index contributed by atoms with van der Waals surface area (Å²) in [5.74, 6) is -0.312. The van der Waals surface area contributed by atoms with Crippen LogP contribution in [0.5, 0.6) is 0 Å². The van der Waals surface area contributed by atoms with Gasteiger partial charge in [-0.05, 0) is 23.9 Å². The Morgan fingerprint density at radius 3 is 2.85 bits per heavy atom. The van der Waals surface area contributed by atoms with Gasteiger partial charge in [-0.3, -0.25) is 0 Å². The van der Waals surface area contributed by atoms with Gasteiger partial charge in [0.25, 0.3) is 0 Å². The molecule has 1 aromatic carbocycles. The summed E-state index contributed by atoms with van der Waals surface area (Å²) in [5, 5.41) is 3.56. The van der Waals surface area contributed by atoms with Crippen molar-refractivity contribution in [2.75, 3.05) is 19.8 Å². The predicted octanol–water partition coefficient (Wildman–Crippen LogP) is 4.76. The number of ether oxygens (including phenoxy) is 3. The van der Waals surface area contributed by atoms with Crippen molar-refractivity contribution in [2.45, 2.75) is 50.6 Å². The number of hydrogen-bond acceptors (Lipinski definition) is 4. The maximum atomic E-state index is 8.43. The van der Waals surface area contributed by atoms with E-state index in [1.807, 2.05) is 30.4 Å². The van der Waals surface area contributed by atoms with Crippen LogP contribution in [-0.2, 0) is 20.8 Å². The number of nitrogens with zero attached hydrogens (tertiary/aromatic N) is 3. The molecule has 2 aliphatic rings. The van der Waals surface area contributed by atoms with Crippen LogP contribution in [0.4, 0.5) is 0 Å². The van der Waals surface area contributed by atoms with Gasteiger partial charge in [0.2, 0.25) is 0 Å². The molecule has 1 spiro atoms. The van der Waals surface area contributed by atoms with Gasteiger partial charge in [0.1, 0.15) is 0 Å². The molecule has 1 aromatic rings. The number of rotatable bonds is 8. The average molecular weight is 357 g/mol. The summed E-state index contributed by atoms with van der Waals surface area (Å²) in [5.41, 5.74) is 9.58. The lowest BCUT2D eigenvalue weighted by Gasteiger charge is -2.32. The fraction of sp³-hybridized carbons (Fsp3) is 0.600. The predicted molar refractivity (Wildman–Crippen MR) is 99.4 cm³/mol. The van der Waals surface area contributed by atoms with E-state index in [-0.39, 0.29) is 17.8 Å². The standard InChI is InChI=1S/C20H27N3O3/c21-23-22-13-7-10-18(15-24-14-17-8-3-1-4-9-17)19-16-25-20(26-19)11-5-2-6-12-20/h1,3-4,7-10,18-19H,2,5-6,11-16H2/b10-7+/t18-,19-/m1/s1. The molecule has 0 unspecified atom stereocenters. The third kappa shape index (κ3) is 5.32. The lowest BCUT2D eigenvalue weighted by Crippen LogP contribution is -2.35. The SMILES string of the molecule is [N-]=[N+]=NC/C=C/[C@H](COCc1ccccc1)[C@H]1COC2(CCCCC2)O1. The Labute approximate surface area is 154 Å². The van der Waals surface area contributed by atoms with E-state index in [4.69, 9.17) is 19.7 Å². The molecule has 1 saturated heterocycles. The third-order valence-corrected chi connectivity index (χ3v) is 5.03. The highest BCUT2D eigenvalue weighted by Crippen LogP contribution is 2.39. The van der Waals surface area contributed by atoms with Crippen LogP contribution in [0.1, 0.15) is 37.7 Å². The van der Waals surface area contributed by atoms with Gasteiger partial charge in [0.15, 0.2) is 5.79 Å². The molecule has 1 heterocycles. The quantitative estimate of drug-likeness (QED) is 0.291. The summed E-state index contributed by atoms with van der Waals surface area (Å²) < 4.78 is 18.4. The van der Waals surface area contributed by atoms with Crippen molar-refractivity contribution >= 4 is 0 Å². The van der Waals surface area contributed by atoms with Gasteiger partial charge < -0.3 is 14.2 Å². The topological polar surface area (TPSA) is 76.5 Å². The minimum Gasteiger partial charge on any atom is -0.376 e. The zero-order chi connectivity index (χ0) is 18.1. The summed E-state index contributed by atoms with van der Waals surface area (Å²) in [6.07, 6.45) is 9.43. The largest absolute Gasteiger partial charge is 0.376 e.